The van der Waals surface area contributed by atoms with Gasteiger partial charge in [-0.2, -0.15) is 0 Å². The Morgan fingerprint density at radius 2 is 1.86 bits per heavy atom. The first kappa shape index (κ1) is 9.25. The Morgan fingerprint density at radius 3 is 2.36 bits per heavy atom. The topological polar surface area (TPSA) is 26.3 Å². The monoisotopic (exact) mass is 190 g/mol. The molecular formula is C12H14O2. The molecule has 14 heavy (non-hydrogen) atoms. The number of hydrogen-bond acceptors (Lipinski definition) is 2. The molecule has 0 N–H and O–H groups in total. The molecule has 0 spiro atoms. The van der Waals surface area contributed by atoms with Crippen LogP contribution in [0, 0.1) is 13.8 Å². The lowest BCUT2D eigenvalue weighted by Crippen LogP contribution is -1.99. The summed E-state index contributed by atoms with van der Waals surface area (Å²) in [5, 5.41) is 0. The molecule has 1 saturated heterocycles. The number of benzene rings is 1. The summed E-state index contributed by atoms with van der Waals surface area (Å²) >= 11 is 0. The first-order valence-electron chi connectivity index (χ1n) is 4.93. The van der Waals surface area contributed by atoms with E-state index in [-0.39, 0.29) is 12.1 Å². The Hall–Kier alpha value is -1.31. The van der Waals surface area contributed by atoms with Gasteiger partial charge in [0, 0.05) is 6.42 Å². The highest BCUT2D eigenvalue weighted by atomic mass is 16.5. The number of cyclic esters (lactones) is 1. The van der Waals surface area contributed by atoms with Crippen LogP contribution in [0.4, 0.5) is 0 Å². The van der Waals surface area contributed by atoms with Gasteiger partial charge in [-0.1, -0.05) is 29.3 Å². The SMILES string of the molecule is Cc1cc(C)cc(C2CCC(=O)O2)c1. The van der Waals surface area contributed by atoms with Crippen LogP contribution in [-0.4, -0.2) is 5.97 Å². The summed E-state index contributed by atoms with van der Waals surface area (Å²) in [6.45, 7) is 4.13. The zero-order valence-electron chi connectivity index (χ0n) is 8.54. The Morgan fingerprint density at radius 1 is 1.21 bits per heavy atom. The van der Waals surface area contributed by atoms with Gasteiger partial charge in [-0.05, 0) is 25.8 Å². The van der Waals surface area contributed by atoms with Gasteiger partial charge in [0.1, 0.15) is 6.10 Å². The predicted molar refractivity (Wildman–Crippen MR) is 54.0 cm³/mol. The number of aryl methyl sites for hydroxylation is 2. The van der Waals surface area contributed by atoms with Gasteiger partial charge in [-0.3, -0.25) is 4.79 Å². The molecule has 0 aliphatic carbocycles. The fourth-order valence-corrected chi connectivity index (χ4v) is 1.96. The van der Waals surface area contributed by atoms with Crippen molar-refractivity contribution in [2.45, 2.75) is 32.8 Å². The Kier molecular flexibility index (Phi) is 2.28. The molecule has 1 unspecified atom stereocenters. The minimum atomic E-state index is -0.0749. The fraction of sp³-hybridized carbons (Fsp3) is 0.417. The van der Waals surface area contributed by atoms with E-state index in [1.54, 1.807) is 0 Å². The number of carbonyl (C=O) groups is 1. The van der Waals surface area contributed by atoms with E-state index in [0.29, 0.717) is 6.42 Å². The van der Waals surface area contributed by atoms with E-state index in [1.165, 1.54) is 11.1 Å². The normalized spacial score (nSPS) is 21.0. The summed E-state index contributed by atoms with van der Waals surface area (Å²) in [4.78, 5) is 11.0. The number of rotatable bonds is 1. The molecule has 1 atom stereocenters. The smallest absolute Gasteiger partial charge is 0.306 e. The zero-order chi connectivity index (χ0) is 10.1. The Bertz CT molecular complexity index is 348. The van der Waals surface area contributed by atoms with E-state index >= 15 is 0 Å². The van der Waals surface area contributed by atoms with Crippen molar-refractivity contribution in [3.63, 3.8) is 0 Å². The van der Waals surface area contributed by atoms with Crippen molar-refractivity contribution in [2.24, 2.45) is 0 Å². The van der Waals surface area contributed by atoms with E-state index in [4.69, 9.17) is 4.74 Å². The first-order chi connectivity index (χ1) is 6.65. The van der Waals surface area contributed by atoms with Crippen molar-refractivity contribution in [1.29, 1.82) is 0 Å². The van der Waals surface area contributed by atoms with Gasteiger partial charge in [0.15, 0.2) is 0 Å². The van der Waals surface area contributed by atoms with E-state index in [9.17, 15) is 4.79 Å². The van der Waals surface area contributed by atoms with Crippen LogP contribution in [0.3, 0.4) is 0 Å². The molecule has 1 aliphatic heterocycles. The highest BCUT2D eigenvalue weighted by Gasteiger charge is 2.24. The van der Waals surface area contributed by atoms with Crippen molar-refractivity contribution in [2.75, 3.05) is 0 Å². The molecule has 1 aromatic carbocycles. The third kappa shape index (κ3) is 1.79. The summed E-state index contributed by atoms with van der Waals surface area (Å²) < 4.78 is 5.22. The summed E-state index contributed by atoms with van der Waals surface area (Å²) in [5.41, 5.74) is 3.58. The molecule has 74 valence electrons. The molecule has 1 aromatic rings. The van der Waals surface area contributed by atoms with Gasteiger partial charge in [-0.15, -0.1) is 0 Å². The highest BCUT2D eigenvalue weighted by Crippen LogP contribution is 2.30. The van der Waals surface area contributed by atoms with Crippen LogP contribution in [0.5, 0.6) is 0 Å². The van der Waals surface area contributed by atoms with Crippen LogP contribution in [-0.2, 0) is 9.53 Å². The van der Waals surface area contributed by atoms with Crippen LogP contribution in [0.1, 0.15) is 35.6 Å². The van der Waals surface area contributed by atoms with Gasteiger partial charge >= 0.3 is 5.97 Å². The van der Waals surface area contributed by atoms with Gasteiger partial charge in [0.05, 0.1) is 0 Å². The number of carbonyl (C=O) groups excluding carboxylic acids is 1. The molecule has 0 aromatic heterocycles. The first-order valence-corrected chi connectivity index (χ1v) is 4.93. The summed E-state index contributed by atoms with van der Waals surface area (Å²) in [6.07, 6.45) is 1.36. The lowest BCUT2D eigenvalue weighted by molar-refractivity contribution is -0.141. The number of esters is 1. The summed E-state index contributed by atoms with van der Waals surface area (Å²) in [6, 6.07) is 6.31. The van der Waals surface area contributed by atoms with Crippen LogP contribution in [0.2, 0.25) is 0 Å². The van der Waals surface area contributed by atoms with Crippen molar-refractivity contribution < 1.29 is 9.53 Å². The van der Waals surface area contributed by atoms with Crippen molar-refractivity contribution in [3.05, 3.63) is 34.9 Å². The van der Waals surface area contributed by atoms with Crippen LogP contribution in [0.15, 0.2) is 18.2 Å². The average Bonchev–Trinajstić information content (AvgIpc) is 2.50. The maximum Gasteiger partial charge on any atom is 0.306 e. The molecule has 0 bridgehead atoms. The molecule has 2 heteroatoms. The third-order valence-corrected chi connectivity index (χ3v) is 2.50. The maximum atomic E-state index is 11.0. The second-order valence-electron chi connectivity index (χ2n) is 3.94. The van der Waals surface area contributed by atoms with Crippen molar-refractivity contribution in [1.82, 2.24) is 0 Å². The standard InChI is InChI=1S/C12H14O2/c1-8-5-9(2)7-10(6-8)11-3-4-12(13)14-11/h5-7,11H,3-4H2,1-2H3. The molecule has 1 heterocycles. The zero-order valence-corrected chi connectivity index (χ0v) is 8.54. The van der Waals surface area contributed by atoms with Crippen LogP contribution < -0.4 is 0 Å². The molecular weight excluding hydrogens is 176 g/mol. The lowest BCUT2D eigenvalue weighted by Gasteiger charge is -2.11. The second kappa shape index (κ2) is 3.45. The van der Waals surface area contributed by atoms with Gasteiger partial charge in [0.2, 0.25) is 0 Å². The van der Waals surface area contributed by atoms with E-state index in [0.717, 1.165) is 12.0 Å². The molecule has 0 amide bonds. The summed E-state index contributed by atoms with van der Waals surface area (Å²) in [5.74, 6) is -0.0749. The largest absolute Gasteiger partial charge is 0.457 e. The average molecular weight is 190 g/mol. The molecule has 2 rings (SSSR count). The van der Waals surface area contributed by atoms with Crippen LogP contribution >= 0.6 is 0 Å². The highest BCUT2D eigenvalue weighted by molar-refractivity contribution is 5.71. The molecule has 2 nitrogen and oxygen atoms in total. The Balaban J connectivity index is 2.27. The van der Waals surface area contributed by atoms with Gasteiger partial charge < -0.3 is 4.74 Å². The molecule has 1 aliphatic rings. The molecule has 0 saturated carbocycles. The lowest BCUT2D eigenvalue weighted by atomic mass is 10.0. The van der Waals surface area contributed by atoms with Crippen LogP contribution in [0.25, 0.3) is 0 Å². The van der Waals surface area contributed by atoms with Gasteiger partial charge in [-0.25, -0.2) is 0 Å². The third-order valence-electron chi connectivity index (χ3n) is 2.50. The number of ether oxygens (including phenoxy) is 1. The van der Waals surface area contributed by atoms with Crippen molar-refractivity contribution in [3.8, 4) is 0 Å². The van der Waals surface area contributed by atoms with E-state index in [1.807, 2.05) is 0 Å². The molecule has 1 fully saturated rings. The van der Waals surface area contributed by atoms with E-state index < -0.39 is 0 Å². The summed E-state index contributed by atoms with van der Waals surface area (Å²) in [7, 11) is 0. The molecule has 0 radical (unpaired) electrons. The maximum absolute atomic E-state index is 11.0. The van der Waals surface area contributed by atoms with Gasteiger partial charge in [0.25, 0.3) is 0 Å². The fourth-order valence-electron chi connectivity index (χ4n) is 1.96. The minimum Gasteiger partial charge on any atom is -0.457 e. The number of hydrogen-bond donors (Lipinski definition) is 0. The second-order valence-corrected chi connectivity index (χ2v) is 3.94. The quantitative estimate of drug-likeness (QED) is 0.636. The predicted octanol–water partition coefficient (Wildman–Crippen LogP) is 2.68. The Labute approximate surface area is 83.9 Å². The van der Waals surface area contributed by atoms with Crippen molar-refractivity contribution >= 4 is 5.97 Å². The van der Waals surface area contributed by atoms with E-state index in [2.05, 4.69) is 32.0 Å². The minimum absolute atomic E-state index is 0.0129.